The number of ether oxygens (including phenoxy) is 1. The molecular weight excluding hydrogens is 312 g/mol. The Hall–Kier alpha value is -2.49. The molecule has 0 aliphatic heterocycles. The van der Waals surface area contributed by atoms with Gasteiger partial charge in [-0.15, -0.1) is 0 Å². The lowest BCUT2D eigenvalue weighted by atomic mass is 10.1. The molecule has 1 amide bonds. The van der Waals surface area contributed by atoms with E-state index in [-0.39, 0.29) is 5.91 Å². The molecule has 0 aromatic heterocycles. The van der Waals surface area contributed by atoms with Crippen LogP contribution < -0.4 is 15.0 Å². The van der Waals surface area contributed by atoms with Crippen LogP contribution in [0.15, 0.2) is 42.5 Å². The minimum Gasteiger partial charge on any atom is -0.493 e. The van der Waals surface area contributed by atoms with Gasteiger partial charge in [0.25, 0.3) is 0 Å². The summed E-state index contributed by atoms with van der Waals surface area (Å²) in [5, 5.41) is 2.92. The normalized spacial score (nSPS) is 10.4. The summed E-state index contributed by atoms with van der Waals surface area (Å²) in [5.41, 5.74) is 4.21. The van der Waals surface area contributed by atoms with Crippen molar-refractivity contribution in [3.8, 4) is 5.75 Å². The molecule has 0 bridgehead atoms. The van der Waals surface area contributed by atoms with E-state index < -0.39 is 0 Å². The molecule has 0 heterocycles. The average molecular weight is 340 g/mol. The Morgan fingerprint density at radius 2 is 1.72 bits per heavy atom. The third-order valence-electron chi connectivity index (χ3n) is 4.21. The quantitative estimate of drug-likeness (QED) is 0.766. The number of benzene rings is 2. The van der Waals surface area contributed by atoms with Crippen LogP contribution in [0.2, 0.25) is 0 Å². The molecule has 0 unspecified atom stereocenters. The number of nitrogens with zero attached hydrogens (tertiary/aromatic N) is 1. The second kappa shape index (κ2) is 9.11. The average Bonchev–Trinajstić information content (AvgIpc) is 2.60. The van der Waals surface area contributed by atoms with E-state index in [0.717, 1.165) is 35.7 Å². The number of anilines is 2. The van der Waals surface area contributed by atoms with Crippen molar-refractivity contribution in [2.24, 2.45) is 0 Å². The first-order valence-corrected chi connectivity index (χ1v) is 8.88. The third kappa shape index (κ3) is 5.52. The topological polar surface area (TPSA) is 41.6 Å². The van der Waals surface area contributed by atoms with Gasteiger partial charge >= 0.3 is 0 Å². The number of carbonyl (C=O) groups is 1. The van der Waals surface area contributed by atoms with E-state index in [1.165, 1.54) is 5.69 Å². The zero-order valence-electron chi connectivity index (χ0n) is 15.6. The lowest BCUT2D eigenvalue weighted by molar-refractivity contribution is -0.116. The number of rotatable bonds is 8. The van der Waals surface area contributed by atoms with Gasteiger partial charge in [0.15, 0.2) is 0 Å². The van der Waals surface area contributed by atoms with Crippen molar-refractivity contribution in [2.75, 3.05) is 29.9 Å². The van der Waals surface area contributed by atoms with E-state index in [2.05, 4.69) is 30.1 Å². The summed E-state index contributed by atoms with van der Waals surface area (Å²) >= 11 is 0. The molecule has 2 aromatic carbocycles. The predicted octanol–water partition coefficient (Wildman–Crippen LogP) is 4.56. The van der Waals surface area contributed by atoms with Crippen molar-refractivity contribution >= 4 is 17.3 Å². The number of carbonyl (C=O) groups excluding carboxylic acids is 1. The van der Waals surface area contributed by atoms with E-state index in [1.54, 1.807) is 0 Å². The Kier molecular flexibility index (Phi) is 6.87. The molecule has 1 N–H and O–H groups in total. The molecule has 0 spiro atoms. The Balaban J connectivity index is 1.83. The highest BCUT2D eigenvalue weighted by Crippen LogP contribution is 2.20. The minimum atomic E-state index is -0.0408. The zero-order chi connectivity index (χ0) is 18.2. The maximum atomic E-state index is 12.1. The highest BCUT2D eigenvalue weighted by atomic mass is 16.5. The van der Waals surface area contributed by atoms with Crippen LogP contribution >= 0.6 is 0 Å². The van der Waals surface area contributed by atoms with Crippen molar-refractivity contribution in [1.29, 1.82) is 0 Å². The Morgan fingerprint density at radius 1 is 1.04 bits per heavy atom. The van der Waals surface area contributed by atoms with Crippen molar-refractivity contribution < 1.29 is 9.53 Å². The minimum absolute atomic E-state index is 0.0408. The van der Waals surface area contributed by atoms with Crippen molar-refractivity contribution in [3.63, 3.8) is 0 Å². The molecule has 4 heteroatoms. The smallest absolute Gasteiger partial charge is 0.227 e. The van der Waals surface area contributed by atoms with Gasteiger partial charge in [0, 0.05) is 24.5 Å². The van der Waals surface area contributed by atoms with Crippen LogP contribution in [0, 0.1) is 13.8 Å². The maximum absolute atomic E-state index is 12.1. The van der Waals surface area contributed by atoms with Gasteiger partial charge in [-0.3, -0.25) is 4.79 Å². The van der Waals surface area contributed by atoms with Crippen LogP contribution in [0.3, 0.4) is 0 Å². The fraction of sp³-hybridized carbons (Fsp3) is 0.381. The predicted molar refractivity (Wildman–Crippen MR) is 105 cm³/mol. The van der Waals surface area contributed by atoms with Crippen molar-refractivity contribution in [3.05, 3.63) is 53.6 Å². The second-order valence-corrected chi connectivity index (χ2v) is 6.13. The molecule has 0 fully saturated rings. The molecule has 134 valence electrons. The number of hydrogen-bond donors (Lipinski definition) is 1. The second-order valence-electron chi connectivity index (χ2n) is 6.13. The SMILES string of the molecule is CCN(CC)c1ccc(NC(=O)CCOc2cc(C)ccc2C)cc1. The first kappa shape index (κ1) is 18.8. The lowest BCUT2D eigenvalue weighted by Crippen LogP contribution is -2.21. The Bertz CT molecular complexity index is 692. The van der Waals surface area contributed by atoms with E-state index >= 15 is 0 Å². The summed E-state index contributed by atoms with van der Waals surface area (Å²) in [4.78, 5) is 14.4. The van der Waals surface area contributed by atoms with Gasteiger partial charge < -0.3 is 15.0 Å². The molecular formula is C21H28N2O2. The molecule has 2 aromatic rings. The van der Waals surface area contributed by atoms with E-state index in [4.69, 9.17) is 4.74 Å². The number of hydrogen-bond acceptors (Lipinski definition) is 3. The lowest BCUT2D eigenvalue weighted by Gasteiger charge is -2.21. The van der Waals surface area contributed by atoms with Crippen LogP contribution in [0.5, 0.6) is 5.75 Å². The summed E-state index contributed by atoms with van der Waals surface area (Å²) in [6.07, 6.45) is 0.325. The van der Waals surface area contributed by atoms with Crippen LogP contribution in [0.4, 0.5) is 11.4 Å². The van der Waals surface area contributed by atoms with Crippen LogP contribution in [0.25, 0.3) is 0 Å². The van der Waals surface area contributed by atoms with Gasteiger partial charge in [-0.25, -0.2) is 0 Å². The molecule has 0 aliphatic rings. The third-order valence-corrected chi connectivity index (χ3v) is 4.21. The number of nitrogens with one attached hydrogen (secondary N) is 1. The Labute approximate surface area is 150 Å². The summed E-state index contributed by atoms with van der Waals surface area (Å²) in [7, 11) is 0. The zero-order valence-corrected chi connectivity index (χ0v) is 15.6. The van der Waals surface area contributed by atoms with E-state index in [1.807, 2.05) is 50.2 Å². The fourth-order valence-electron chi connectivity index (χ4n) is 2.68. The Morgan fingerprint density at radius 3 is 2.36 bits per heavy atom. The molecule has 0 atom stereocenters. The molecule has 0 radical (unpaired) electrons. The molecule has 2 rings (SSSR count). The number of amides is 1. The standard InChI is InChI=1S/C21H28N2O2/c1-5-23(6-2)19-11-9-18(10-12-19)22-21(24)13-14-25-20-15-16(3)7-8-17(20)4/h7-12,15H,5-6,13-14H2,1-4H3,(H,22,24). The molecule has 0 aliphatic carbocycles. The van der Waals surface area contributed by atoms with Gasteiger partial charge in [-0.2, -0.15) is 0 Å². The van der Waals surface area contributed by atoms with Gasteiger partial charge in [0.1, 0.15) is 5.75 Å². The largest absolute Gasteiger partial charge is 0.493 e. The molecule has 0 saturated carbocycles. The number of aryl methyl sites for hydroxylation is 2. The van der Waals surface area contributed by atoms with Crippen LogP contribution in [-0.4, -0.2) is 25.6 Å². The van der Waals surface area contributed by atoms with Crippen LogP contribution in [-0.2, 0) is 4.79 Å². The summed E-state index contributed by atoms with van der Waals surface area (Å²) in [5.74, 6) is 0.803. The van der Waals surface area contributed by atoms with E-state index in [0.29, 0.717) is 13.0 Å². The van der Waals surface area contributed by atoms with Crippen LogP contribution in [0.1, 0.15) is 31.4 Å². The summed E-state index contributed by atoms with van der Waals surface area (Å²) in [6, 6.07) is 14.0. The van der Waals surface area contributed by atoms with Gasteiger partial charge in [-0.05, 0) is 69.2 Å². The monoisotopic (exact) mass is 340 g/mol. The first-order valence-electron chi connectivity index (χ1n) is 8.88. The summed E-state index contributed by atoms with van der Waals surface area (Å²) < 4.78 is 5.74. The highest BCUT2D eigenvalue weighted by Gasteiger charge is 2.06. The fourth-order valence-corrected chi connectivity index (χ4v) is 2.68. The van der Waals surface area contributed by atoms with Crippen molar-refractivity contribution in [1.82, 2.24) is 0 Å². The first-order chi connectivity index (χ1) is 12.0. The summed E-state index contributed by atoms with van der Waals surface area (Å²) in [6.45, 7) is 10.6. The van der Waals surface area contributed by atoms with E-state index in [9.17, 15) is 4.79 Å². The van der Waals surface area contributed by atoms with Crippen molar-refractivity contribution in [2.45, 2.75) is 34.1 Å². The maximum Gasteiger partial charge on any atom is 0.227 e. The van der Waals surface area contributed by atoms with Gasteiger partial charge in [0.05, 0.1) is 13.0 Å². The van der Waals surface area contributed by atoms with Gasteiger partial charge in [-0.1, -0.05) is 12.1 Å². The molecule has 0 saturated heterocycles. The van der Waals surface area contributed by atoms with Gasteiger partial charge in [0.2, 0.25) is 5.91 Å². The molecule has 4 nitrogen and oxygen atoms in total. The molecule has 25 heavy (non-hydrogen) atoms. The highest BCUT2D eigenvalue weighted by molar-refractivity contribution is 5.90.